The lowest BCUT2D eigenvalue weighted by atomic mass is 9.80. The molecule has 0 spiro atoms. The lowest BCUT2D eigenvalue weighted by molar-refractivity contribution is 0.0616. The Morgan fingerprint density at radius 2 is 1.09 bits per heavy atom. The first-order chi connectivity index (χ1) is 11.3. The van der Waals surface area contributed by atoms with Crippen LogP contribution in [0.3, 0.4) is 0 Å². The lowest BCUT2D eigenvalue weighted by Crippen LogP contribution is -2.39. The molecular weight excluding hydrogens is 300 g/mol. The van der Waals surface area contributed by atoms with Gasteiger partial charge in [-0.3, -0.25) is 4.79 Å². The number of carbonyl (C=O) groups excluding carboxylic acids is 1. The number of benzene rings is 3. The van der Waals surface area contributed by atoms with Crippen molar-refractivity contribution in [1.29, 1.82) is 0 Å². The maximum absolute atomic E-state index is 13.4. The molecule has 3 heteroatoms. The molecule has 0 N–H and O–H groups in total. The first-order valence-electron chi connectivity index (χ1n) is 7.55. The Balaban J connectivity index is 2.24. The van der Waals surface area contributed by atoms with Crippen molar-refractivity contribution in [2.75, 3.05) is 0 Å². The predicted octanol–water partition coefficient (Wildman–Crippen LogP) is 3.11. The number of rotatable bonds is 5. The van der Waals surface area contributed by atoms with Gasteiger partial charge in [-0.1, -0.05) is 91.0 Å². The van der Waals surface area contributed by atoms with Gasteiger partial charge in [0.2, 0.25) is 5.78 Å². The summed E-state index contributed by atoms with van der Waals surface area (Å²) in [5.41, 5.74) is 1.27. The fourth-order valence-corrected chi connectivity index (χ4v) is 3.55. The Morgan fingerprint density at radius 1 is 0.696 bits per heavy atom. The second-order valence-electron chi connectivity index (χ2n) is 5.31. The van der Waals surface area contributed by atoms with Crippen molar-refractivity contribution >= 4 is 16.3 Å². The van der Waals surface area contributed by atoms with Gasteiger partial charge in [0.15, 0.2) is 5.60 Å². The van der Waals surface area contributed by atoms with Gasteiger partial charge >= 0.3 is 0 Å². The minimum atomic E-state index is -1.09. The summed E-state index contributed by atoms with van der Waals surface area (Å²) in [7, 11) is 0.444. The molecule has 0 aliphatic rings. The molecule has 0 saturated carbocycles. The average molecular weight is 318 g/mol. The van der Waals surface area contributed by atoms with E-state index in [0.29, 0.717) is 16.0 Å². The van der Waals surface area contributed by atoms with Crippen molar-refractivity contribution in [2.45, 2.75) is 5.60 Å². The summed E-state index contributed by atoms with van der Waals surface area (Å²) in [5, 5.41) is 0. The molecule has 0 aliphatic heterocycles. The van der Waals surface area contributed by atoms with Crippen LogP contribution < -0.4 is 0 Å². The zero-order valence-corrected chi connectivity index (χ0v) is 15.0. The predicted molar refractivity (Wildman–Crippen MR) is 95.5 cm³/mol. The van der Waals surface area contributed by atoms with Gasteiger partial charge in [0, 0.05) is 5.56 Å². The van der Waals surface area contributed by atoms with Gasteiger partial charge in [0.25, 0.3) is 0 Å². The third-order valence-corrected chi connectivity index (χ3v) is 4.63. The van der Waals surface area contributed by atoms with Crippen LogP contribution in [0.5, 0.6) is 0 Å². The Bertz CT molecular complexity index is 731. The molecule has 114 valence electrons. The minimum absolute atomic E-state index is 0.0366. The van der Waals surface area contributed by atoms with Crippen LogP contribution in [0.4, 0.5) is 0 Å². The molecule has 2 nitrogen and oxygen atoms in total. The van der Waals surface area contributed by atoms with Crippen LogP contribution in [-0.2, 0) is 10.0 Å². The van der Waals surface area contributed by atoms with E-state index in [2.05, 4.69) is 0 Å². The van der Waals surface area contributed by atoms with Crippen LogP contribution in [0.25, 0.3) is 0 Å². The van der Waals surface area contributed by atoms with E-state index in [9.17, 15) is 4.79 Å². The van der Waals surface area contributed by atoms with Crippen molar-refractivity contribution in [3.8, 4) is 0 Å². The largest absolute Gasteiger partial charge is 0.409 e. The van der Waals surface area contributed by atoms with Gasteiger partial charge in [0.05, 0.1) is 0 Å². The van der Waals surface area contributed by atoms with E-state index in [0.717, 1.165) is 11.1 Å². The molecule has 0 unspecified atom stereocenters. The molecule has 0 bridgehead atoms. The maximum Gasteiger partial charge on any atom is 0.202 e. The Labute approximate surface area is 139 Å². The molecule has 0 aromatic heterocycles. The van der Waals surface area contributed by atoms with E-state index >= 15 is 0 Å². The monoisotopic (exact) mass is 318 g/mol. The second-order valence-corrected chi connectivity index (χ2v) is 5.72. The molecule has 0 heterocycles. The quantitative estimate of drug-likeness (QED) is 0.534. The van der Waals surface area contributed by atoms with Crippen LogP contribution in [-0.4, -0.2) is 16.3 Å². The lowest BCUT2D eigenvalue weighted by Gasteiger charge is -2.33. The van der Waals surface area contributed by atoms with Crippen LogP contribution in [0.1, 0.15) is 21.5 Å². The van der Waals surface area contributed by atoms with Crippen molar-refractivity contribution in [1.82, 2.24) is 0 Å². The smallest absolute Gasteiger partial charge is 0.202 e. The highest BCUT2D eigenvalue weighted by molar-refractivity contribution is 6.09. The van der Waals surface area contributed by atoms with E-state index in [1.807, 2.05) is 91.0 Å². The molecule has 0 radical (unpaired) electrons. The van der Waals surface area contributed by atoms with Gasteiger partial charge < -0.3 is 4.43 Å². The molecule has 3 aromatic rings. The summed E-state index contributed by atoms with van der Waals surface area (Å²) in [6, 6.07) is 28.8. The third kappa shape index (κ3) is 2.76. The van der Waals surface area contributed by atoms with E-state index < -0.39 is 5.60 Å². The Hall–Kier alpha value is -2.49. The van der Waals surface area contributed by atoms with E-state index in [4.69, 9.17) is 4.43 Å². The van der Waals surface area contributed by atoms with Crippen molar-refractivity contribution in [3.63, 3.8) is 0 Å². The fraction of sp³-hybridized carbons (Fsp3) is 0.0500. The SMILES string of the molecule is O=C(c1ccccc1)C(O[SiH3])(c1ccccc1)c1ccccc1. The molecule has 0 amide bonds. The molecular formula is C20H18O2Si. The highest BCUT2D eigenvalue weighted by Gasteiger charge is 2.41. The average Bonchev–Trinajstić information content (AvgIpc) is 2.65. The van der Waals surface area contributed by atoms with Gasteiger partial charge in [0.1, 0.15) is 10.5 Å². The van der Waals surface area contributed by atoms with Crippen molar-refractivity contribution in [3.05, 3.63) is 108 Å². The molecule has 0 saturated heterocycles. The molecule has 23 heavy (non-hydrogen) atoms. The molecule has 0 aliphatic carbocycles. The number of ketones is 1. The Kier molecular flexibility index (Phi) is 4.51. The van der Waals surface area contributed by atoms with E-state index in [1.54, 1.807) is 0 Å². The van der Waals surface area contributed by atoms with Gasteiger partial charge in [-0.05, 0) is 11.1 Å². The Morgan fingerprint density at radius 3 is 1.48 bits per heavy atom. The molecule has 3 rings (SSSR count). The van der Waals surface area contributed by atoms with Crippen LogP contribution >= 0.6 is 0 Å². The standard InChI is InChI=1S/C20H18O2Si/c21-19(16-10-4-1-5-11-16)20(22-23,17-12-6-2-7-13-17)18-14-8-3-9-15-18/h1-15H,23H3. The number of Topliss-reactive ketones (excluding diaryl/α,β-unsaturated/α-hetero) is 1. The highest BCUT2D eigenvalue weighted by atomic mass is 28.2. The van der Waals surface area contributed by atoms with Gasteiger partial charge in [-0.15, -0.1) is 0 Å². The summed E-state index contributed by atoms with van der Waals surface area (Å²) in [6.07, 6.45) is 0. The normalized spacial score (nSPS) is 11.3. The maximum atomic E-state index is 13.4. The van der Waals surface area contributed by atoms with Crippen LogP contribution in [0.2, 0.25) is 0 Å². The number of hydrogen-bond acceptors (Lipinski definition) is 2. The summed E-state index contributed by atoms with van der Waals surface area (Å²) in [4.78, 5) is 13.4. The first kappa shape index (κ1) is 15.4. The zero-order valence-electron chi connectivity index (χ0n) is 13.0. The summed E-state index contributed by atoms with van der Waals surface area (Å²) in [6.45, 7) is 0. The van der Waals surface area contributed by atoms with Gasteiger partial charge in [-0.2, -0.15) is 0 Å². The van der Waals surface area contributed by atoms with E-state index in [-0.39, 0.29) is 5.78 Å². The molecule has 0 fully saturated rings. The molecule has 3 aromatic carbocycles. The first-order valence-corrected chi connectivity index (χ1v) is 8.37. The van der Waals surface area contributed by atoms with Crippen molar-refractivity contribution in [2.24, 2.45) is 0 Å². The summed E-state index contributed by atoms with van der Waals surface area (Å²) < 4.78 is 6.02. The summed E-state index contributed by atoms with van der Waals surface area (Å²) >= 11 is 0. The number of hydrogen-bond donors (Lipinski definition) is 0. The van der Waals surface area contributed by atoms with E-state index in [1.165, 1.54) is 0 Å². The van der Waals surface area contributed by atoms with Crippen LogP contribution in [0.15, 0.2) is 91.0 Å². The van der Waals surface area contributed by atoms with Crippen LogP contribution in [0, 0.1) is 0 Å². The molecule has 0 atom stereocenters. The highest BCUT2D eigenvalue weighted by Crippen LogP contribution is 2.36. The minimum Gasteiger partial charge on any atom is -0.409 e. The second kappa shape index (κ2) is 6.73. The summed E-state index contributed by atoms with van der Waals surface area (Å²) in [5.74, 6) is -0.0366. The fourth-order valence-electron chi connectivity index (χ4n) is 2.90. The zero-order chi connectivity index (χ0) is 16.1. The number of carbonyl (C=O) groups is 1. The van der Waals surface area contributed by atoms with Crippen molar-refractivity contribution < 1.29 is 9.22 Å². The van der Waals surface area contributed by atoms with Gasteiger partial charge in [-0.25, -0.2) is 0 Å². The topological polar surface area (TPSA) is 26.3 Å². The third-order valence-electron chi connectivity index (χ3n) is 4.02.